The van der Waals surface area contributed by atoms with Crippen LogP contribution < -0.4 is 15.5 Å². The lowest BCUT2D eigenvalue weighted by Gasteiger charge is -2.22. The smallest absolute Gasteiger partial charge is 0.261 e. The molecule has 26 heavy (non-hydrogen) atoms. The molecule has 3 N–H and O–H groups in total. The molecule has 1 fully saturated rings. The Morgan fingerprint density at radius 1 is 1.35 bits per heavy atom. The third-order valence-electron chi connectivity index (χ3n) is 4.64. The van der Waals surface area contributed by atoms with Crippen molar-refractivity contribution in [2.45, 2.75) is 26.4 Å². The van der Waals surface area contributed by atoms with Gasteiger partial charge in [-0.05, 0) is 38.1 Å². The Labute approximate surface area is 152 Å². The van der Waals surface area contributed by atoms with Gasteiger partial charge in [-0.2, -0.15) is 5.10 Å². The van der Waals surface area contributed by atoms with Gasteiger partial charge in [0.15, 0.2) is 0 Å². The average Bonchev–Trinajstić information content (AvgIpc) is 3.25. The van der Waals surface area contributed by atoms with Crippen LogP contribution in [-0.2, 0) is 16.1 Å². The number of aromatic amines is 1. The van der Waals surface area contributed by atoms with Crippen LogP contribution >= 0.6 is 0 Å². The zero-order valence-corrected chi connectivity index (χ0v) is 15.0. The molecule has 4 rings (SSSR count). The fourth-order valence-electron chi connectivity index (χ4n) is 3.45. The number of benzene rings is 1. The second kappa shape index (κ2) is 6.84. The maximum absolute atomic E-state index is 13.1. The van der Waals surface area contributed by atoms with Gasteiger partial charge in [0.05, 0.1) is 42.4 Å². The molecule has 1 aromatic heterocycles. The van der Waals surface area contributed by atoms with Crippen molar-refractivity contribution in [1.82, 2.24) is 15.5 Å². The van der Waals surface area contributed by atoms with Gasteiger partial charge in [-0.15, -0.1) is 0 Å². The Kier molecular flexibility index (Phi) is 4.38. The minimum Gasteiger partial charge on any atom is -0.383 e. The van der Waals surface area contributed by atoms with Gasteiger partial charge in [-0.25, -0.2) is 0 Å². The molecular formula is C19H23N5O2. The number of rotatable bonds is 4. The van der Waals surface area contributed by atoms with Crippen LogP contribution in [0.1, 0.15) is 25.1 Å². The van der Waals surface area contributed by atoms with Gasteiger partial charge in [-0.3, -0.25) is 9.89 Å². The molecule has 0 aliphatic carbocycles. The zero-order valence-electron chi connectivity index (χ0n) is 15.0. The van der Waals surface area contributed by atoms with E-state index in [0.29, 0.717) is 19.8 Å². The molecule has 0 atom stereocenters. The fourth-order valence-corrected chi connectivity index (χ4v) is 3.45. The highest BCUT2D eigenvalue weighted by molar-refractivity contribution is 6.33. The summed E-state index contributed by atoms with van der Waals surface area (Å²) in [4.78, 5) is 14.9. The second-order valence-corrected chi connectivity index (χ2v) is 6.75. The first kappa shape index (κ1) is 16.7. The summed E-state index contributed by atoms with van der Waals surface area (Å²) in [6.07, 6.45) is 1.80. The van der Waals surface area contributed by atoms with Crippen molar-refractivity contribution in [2.75, 3.05) is 30.0 Å². The van der Waals surface area contributed by atoms with Gasteiger partial charge in [0.1, 0.15) is 0 Å². The molecule has 7 heteroatoms. The standard InChI is InChI=1S/C19H23N5O2/c1-12(2)24-17-4-3-13(21-10-14-5-6-22-23-14)9-15(17)18(19(24)25)16-11-26-8-7-20-16/h3-6,9,12,20-21H,7-8,10-11H2,1-2H3,(H,22,23)/b18-16-. The van der Waals surface area contributed by atoms with Crippen molar-refractivity contribution in [2.24, 2.45) is 0 Å². The number of amides is 1. The Hall–Kier alpha value is -2.80. The molecule has 1 aromatic carbocycles. The number of H-pyrrole nitrogens is 1. The molecule has 2 aliphatic rings. The van der Waals surface area contributed by atoms with Gasteiger partial charge in [0, 0.05) is 30.0 Å². The number of morpholine rings is 1. The number of anilines is 2. The summed E-state index contributed by atoms with van der Waals surface area (Å²) in [5.74, 6) is 0.0347. The van der Waals surface area contributed by atoms with Gasteiger partial charge >= 0.3 is 0 Å². The third-order valence-corrected chi connectivity index (χ3v) is 4.64. The maximum atomic E-state index is 13.1. The van der Waals surface area contributed by atoms with E-state index in [2.05, 4.69) is 20.8 Å². The lowest BCUT2D eigenvalue weighted by atomic mass is 10.0. The topological polar surface area (TPSA) is 82.3 Å². The van der Waals surface area contributed by atoms with Crippen molar-refractivity contribution in [3.63, 3.8) is 0 Å². The molecule has 2 aliphatic heterocycles. The molecule has 1 saturated heterocycles. The highest BCUT2D eigenvalue weighted by Crippen LogP contribution is 2.41. The lowest BCUT2D eigenvalue weighted by molar-refractivity contribution is -0.113. The summed E-state index contributed by atoms with van der Waals surface area (Å²) in [5, 5.41) is 13.7. The number of hydrogen-bond donors (Lipinski definition) is 3. The van der Waals surface area contributed by atoms with Crippen molar-refractivity contribution in [3.05, 3.63) is 47.4 Å². The van der Waals surface area contributed by atoms with Crippen LogP contribution in [0.2, 0.25) is 0 Å². The van der Waals surface area contributed by atoms with Crippen molar-refractivity contribution in [1.29, 1.82) is 0 Å². The summed E-state index contributed by atoms with van der Waals surface area (Å²) >= 11 is 0. The summed E-state index contributed by atoms with van der Waals surface area (Å²) in [7, 11) is 0. The van der Waals surface area contributed by atoms with Crippen LogP contribution in [0.25, 0.3) is 5.57 Å². The molecule has 0 spiro atoms. The van der Waals surface area contributed by atoms with Gasteiger partial charge in [0.2, 0.25) is 0 Å². The summed E-state index contributed by atoms with van der Waals surface area (Å²) in [6, 6.07) is 8.08. The minimum atomic E-state index is 0.0347. The van der Waals surface area contributed by atoms with E-state index in [1.165, 1.54) is 0 Å². The van der Waals surface area contributed by atoms with E-state index in [0.717, 1.165) is 40.4 Å². The van der Waals surface area contributed by atoms with E-state index < -0.39 is 0 Å². The summed E-state index contributed by atoms with van der Waals surface area (Å²) in [5.41, 5.74) is 5.38. The number of fused-ring (bicyclic) bond motifs is 1. The van der Waals surface area contributed by atoms with Crippen LogP contribution in [0, 0.1) is 0 Å². The highest BCUT2D eigenvalue weighted by atomic mass is 16.5. The summed E-state index contributed by atoms with van der Waals surface area (Å²) < 4.78 is 5.56. The van der Waals surface area contributed by atoms with E-state index >= 15 is 0 Å². The van der Waals surface area contributed by atoms with E-state index in [1.54, 1.807) is 6.20 Å². The predicted octanol–water partition coefficient (Wildman–Crippen LogP) is 2.11. The van der Waals surface area contributed by atoms with Crippen molar-refractivity contribution < 1.29 is 9.53 Å². The number of carbonyl (C=O) groups is 1. The monoisotopic (exact) mass is 353 g/mol. The van der Waals surface area contributed by atoms with Gasteiger partial charge in [0.25, 0.3) is 5.91 Å². The molecular weight excluding hydrogens is 330 g/mol. The van der Waals surface area contributed by atoms with Crippen molar-refractivity contribution in [3.8, 4) is 0 Å². The fraction of sp³-hybridized carbons (Fsp3) is 0.368. The molecule has 3 heterocycles. The number of aromatic nitrogens is 2. The average molecular weight is 353 g/mol. The van der Waals surface area contributed by atoms with Gasteiger partial charge in [-0.1, -0.05) is 0 Å². The predicted molar refractivity (Wildman–Crippen MR) is 101 cm³/mol. The molecule has 1 amide bonds. The van der Waals surface area contributed by atoms with Crippen molar-refractivity contribution >= 4 is 22.9 Å². The molecule has 0 bridgehead atoms. The maximum Gasteiger partial charge on any atom is 0.261 e. The Bertz CT molecular complexity index is 834. The van der Waals surface area contributed by atoms with Crippen LogP contribution in [0.3, 0.4) is 0 Å². The number of carbonyl (C=O) groups excluding carboxylic acids is 1. The van der Waals surface area contributed by atoms with Crippen LogP contribution in [0.5, 0.6) is 0 Å². The van der Waals surface area contributed by atoms with E-state index in [1.807, 2.05) is 43.0 Å². The number of nitrogens with one attached hydrogen (secondary N) is 3. The largest absolute Gasteiger partial charge is 0.383 e. The SMILES string of the molecule is CC(C)N1C(=O)/C(=C2/COCCN2)c2cc(NCc3cc[nH]n3)ccc21. The highest BCUT2D eigenvalue weighted by Gasteiger charge is 2.36. The van der Waals surface area contributed by atoms with E-state index in [9.17, 15) is 4.79 Å². The third kappa shape index (κ3) is 2.94. The minimum absolute atomic E-state index is 0.0347. The zero-order chi connectivity index (χ0) is 18.1. The number of ether oxygens (including phenoxy) is 1. The number of nitrogens with zero attached hydrogens (tertiary/aromatic N) is 2. The van der Waals surface area contributed by atoms with Crippen LogP contribution in [0.15, 0.2) is 36.2 Å². The number of hydrogen-bond acceptors (Lipinski definition) is 5. The summed E-state index contributed by atoms with van der Waals surface area (Å²) in [6.45, 7) is 6.51. The first-order valence-corrected chi connectivity index (χ1v) is 8.90. The molecule has 0 unspecified atom stereocenters. The molecule has 7 nitrogen and oxygen atoms in total. The first-order valence-electron chi connectivity index (χ1n) is 8.90. The molecule has 0 radical (unpaired) electrons. The van der Waals surface area contributed by atoms with E-state index in [-0.39, 0.29) is 11.9 Å². The lowest BCUT2D eigenvalue weighted by Crippen LogP contribution is -2.35. The Balaban J connectivity index is 1.70. The molecule has 0 saturated carbocycles. The second-order valence-electron chi connectivity index (χ2n) is 6.75. The quantitative estimate of drug-likeness (QED) is 0.734. The van der Waals surface area contributed by atoms with Crippen LogP contribution in [0.4, 0.5) is 11.4 Å². The Morgan fingerprint density at radius 3 is 2.92 bits per heavy atom. The van der Waals surface area contributed by atoms with Crippen LogP contribution in [-0.4, -0.2) is 41.9 Å². The normalized spacial score (nSPS) is 19.7. The van der Waals surface area contributed by atoms with Gasteiger partial charge < -0.3 is 20.3 Å². The molecule has 2 aromatic rings. The van der Waals surface area contributed by atoms with E-state index in [4.69, 9.17) is 4.74 Å². The Morgan fingerprint density at radius 2 is 2.23 bits per heavy atom. The molecule has 136 valence electrons. The first-order chi connectivity index (χ1) is 12.6.